The molecular weight excluding hydrogens is 166 g/mol. The van der Waals surface area contributed by atoms with Crippen LogP contribution in [0.5, 0.6) is 0 Å². The van der Waals surface area contributed by atoms with Crippen molar-refractivity contribution in [3.63, 3.8) is 0 Å². The van der Waals surface area contributed by atoms with Crippen molar-refractivity contribution < 1.29 is 4.79 Å². The number of nitrogens with one attached hydrogen (secondary N) is 1. The lowest BCUT2D eigenvalue weighted by molar-refractivity contribution is -0.118. The maximum absolute atomic E-state index is 10.6. The Bertz CT molecular complexity index is 233. The predicted molar refractivity (Wildman–Crippen MR) is 53.1 cm³/mol. The molecule has 0 aliphatic carbocycles. The molecule has 1 aliphatic rings. The highest BCUT2D eigenvalue weighted by Gasteiger charge is 2.02. The number of carbonyl (C=O) groups excluding carboxylic acids is 1. The van der Waals surface area contributed by atoms with Gasteiger partial charge in [0.15, 0.2) is 0 Å². The van der Waals surface area contributed by atoms with Gasteiger partial charge in [-0.3, -0.25) is 4.79 Å². The molecule has 0 unspecified atom stereocenters. The van der Waals surface area contributed by atoms with E-state index in [9.17, 15) is 4.79 Å². The highest BCUT2D eigenvalue weighted by Crippen LogP contribution is 2.03. The second kappa shape index (κ2) is 5.45. The van der Waals surface area contributed by atoms with Gasteiger partial charge in [0.2, 0.25) is 5.91 Å². The van der Waals surface area contributed by atoms with Crippen LogP contribution in [0.3, 0.4) is 0 Å². The topological polar surface area (TPSA) is 53.8 Å². The summed E-state index contributed by atoms with van der Waals surface area (Å²) in [6.07, 6.45) is 6.06. The molecule has 0 radical (unpaired) electrons. The van der Waals surface area contributed by atoms with Crippen LogP contribution in [0.15, 0.2) is 10.2 Å². The van der Waals surface area contributed by atoms with Crippen LogP contribution in [0.2, 0.25) is 0 Å². The Kier molecular flexibility index (Phi) is 4.15. The summed E-state index contributed by atoms with van der Waals surface area (Å²) in [7, 11) is 0. The van der Waals surface area contributed by atoms with Crippen molar-refractivity contribution in [2.45, 2.75) is 32.6 Å². The van der Waals surface area contributed by atoms with Crippen LogP contribution < -0.4 is 5.32 Å². The van der Waals surface area contributed by atoms with Gasteiger partial charge in [-0.15, -0.1) is 0 Å². The molecule has 0 aromatic rings. The van der Waals surface area contributed by atoms with Crippen LogP contribution in [0.1, 0.15) is 32.6 Å². The fourth-order valence-electron chi connectivity index (χ4n) is 1.15. The zero-order chi connectivity index (χ0) is 9.52. The fourth-order valence-corrected chi connectivity index (χ4v) is 1.15. The van der Waals surface area contributed by atoms with Gasteiger partial charge in [0, 0.05) is 13.1 Å². The summed E-state index contributed by atoms with van der Waals surface area (Å²) in [5.41, 5.74) is 0.964. The molecular formula is C9H15N3O. The number of carbonyl (C=O) groups is 1. The maximum atomic E-state index is 10.6. The molecule has 13 heavy (non-hydrogen) atoms. The summed E-state index contributed by atoms with van der Waals surface area (Å²) in [6, 6.07) is 0. The van der Waals surface area contributed by atoms with Crippen LogP contribution in [-0.2, 0) is 4.79 Å². The molecule has 0 fully saturated rings. The van der Waals surface area contributed by atoms with Crippen molar-refractivity contribution in [2.24, 2.45) is 10.2 Å². The van der Waals surface area contributed by atoms with E-state index in [1.165, 1.54) is 6.92 Å². The van der Waals surface area contributed by atoms with E-state index in [0.29, 0.717) is 6.54 Å². The summed E-state index contributed by atoms with van der Waals surface area (Å²) in [5.74, 6) is -0.0197. The predicted octanol–water partition coefficient (Wildman–Crippen LogP) is 1.12. The average Bonchev–Trinajstić information content (AvgIpc) is 2.01. The molecule has 0 atom stereocenters. The van der Waals surface area contributed by atoms with Gasteiger partial charge in [0.1, 0.15) is 0 Å². The highest BCUT2D eigenvalue weighted by molar-refractivity contribution is 5.89. The normalized spacial score (nSPS) is 23.6. The Morgan fingerprint density at radius 3 is 3.23 bits per heavy atom. The molecule has 4 nitrogen and oxygen atoms in total. The van der Waals surface area contributed by atoms with Crippen molar-refractivity contribution in [1.29, 1.82) is 0 Å². The lowest BCUT2D eigenvalue weighted by atomic mass is 10.1. The molecule has 0 aromatic carbocycles. The summed E-state index contributed by atoms with van der Waals surface area (Å²) >= 11 is 0. The Morgan fingerprint density at radius 1 is 1.62 bits per heavy atom. The molecule has 0 spiro atoms. The Balaban J connectivity index is 2.40. The highest BCUT2D eigenvalue weighted by atomic mass is 16.1. The lowest BCUT2D eigenvalue weighted by Crippen LogP contribution is -2.27. The standard InChI is InChI=1S/C9H15N3O/c1-8(13)10-7-9-5-3-2-4-6-11-12-9/h6H,2-5,7H2,1H3,(H,10,13)/b11-6-,12-9-. The van der Waals surface area contributed by atoms with E-state index < -0.39 is 0 Å². The van der Waals surface area contributed by atoms with E-state index in [1.54, 1.807) is 0 Å². The third-order valence-electron chi connectivity index (χ3n) is 1.87. The summed E-state index contributed by atoms with van der Waals surface area (Å²) in [4.78, 5) is 10.6. The second-order valence-corrected chi connectivity index (χ2v) is 3.12. The van der Waals surface area contributed by atoms with E-state index in [4.69, 9.17) is 0 Å². The Hall–Kier alpha value is -1.19. The second-order valence-electron chi connectivity index (χ2n) is 3.12. The minimum atomic E-state index is -0.0197. The SMILES string of the molecule is CC(=O)NC/C1=N\N=C/CCCC1. The van der Waals surface area contributed by atoms with E-state index in [-0.39, 0.29) is 5.91 Å². The molecule has 0 bridgehead atoms. The lowest BCUT2D eigenvalue weighted by Gasteiger charge is -2.06. The minimum absolute atomic E-state index is 0.0197. The van der Waals surface area contributed by atoms with E-state index >= 15 is 0 Å². The molecule has 72 valence electrons. The van der Waals surface area contributed by atoms with Crippen molar-refractivity contribution in [3.8, 4) is 0 Å². The molecule has 1 aliphatic heterocycles. The largest absolute Gasteiger partial charge is 0.351 e. The van der Waals surface area contributed by atoms with Crippen molar-refractivity contribution in [1.82, 2.24) is 5.32 Å². The molecule has 0 saturated carbocycles. The monoisotopic (exact) mass is 181 g/mol. The summed E-state index contributed by atoms with van der Waals surface area (Å²) in [6.45, 7) is 2.04. The van der Waals surface area contributed by atoms with Crippen LogP contribution in [0.25, 0.3) is 0 Å². The van der Waals surface area contributed by atoms with Crippen molar-refractivity contribution >= 4 is 17.8 Å². The van der Waals surface area contributed by atoms with Gasteiger partial charge in [-0.2, -0.15) is 10.2 Å². The molecule has 0 saturated heterocycles. The molecule has 1 N–H and O–H groups in total. The maximum Gasteiger partial charge on any atom is 0.217 e. The van der Waals surface area contributed by atoms with E-state index in [1.807, 2.05) is 6.21 Å². The molecule has 0 aromatic heterocycles. The Labute approximate surface area is 78.1 Å². The first-order valence-corrected chi connectivity index (χ1v) is 4.60. The number of nitrogens with zero attached hydrogens (tertiary/aromatic N) is 2. The van der Waals surface area contributed by atoms with Gasteiger partial charge in [-0.05, 0) is 25.7 Å². The van der Waals surface area contributed by atoms with Gasteiger partial charge in [-0.1, -0.05) is 0 Å². The van der Waals surface area contributed by atoms with Gasteiger partial charge in [0.25, 0.3) is 0 Å². The fraction of sp³-hybridized carbons (Fsp3) is 0.667. The first-order valence-electron chi connectivity index (χ1n) is 4.60. The van der Waals surface area contributed by atoms with Crippen LogP contribution >= 0.6 is 0 Å². The third kappa shape index (κ3) is 4.40. The zero-order valence-electron chi connectivity index (χ0n) is 7.92. The zero-order valence-corrected chi connectivity index (χ0v) is 7.92. The summed E-state index contributed by atoms with van der Waals surface area (Å²) in [5, 5.41) is 10.6. The van der Waals surface area contributed by atoms with Crippen LogP contribution in [0.4, 0.5) is 0 Å². The molecule has 4 heteroatoms. The van der Waals surface area contributed by atoms with E-state index in [2.05, 4.69) is 15.5 Å². The number of amides is 1. The Morgan fingerprint density at radius 2 is 2.46 bits per heavy atom. The average molecular weight is 181 g/mol. The first-order chi connectivity index (χ1) is 6.29. The van der Waals surface area contributed by atoms with Crippen LogP contribution in [-0.4, -0.2) is 24.4 Å². The van der Waals surface area contributed by atoms with Crippen LogP contribution in [0, 0.1) is 0 Å². The van der Waals surface area contributed by atoms with E-state index in [0.717, 1.165) is 31.4 Å². The number of hydrogen-bond acceptors (Lipinski definition) is 3. The number of hydrogen-bond donors (Lipinski definition) is 1. The third-order valence-corrected chi connectivity index (χ3v) is 1.87. The molecule has 1 amide bonds. The van der Waals surface area contributed by atoms with Crippen molar-refractivity contribution in [2.75, 3.05) is 6.54 Å². The number of rotatable bonds is 2. The van der Waals surface area contributed by atoms with Gasteiger partial charge in [-0.25, -0.2) is 0 Å². The van der Waals surface area contributed by atoms with Gasteiger partial charge >= 0.3 is 0 Å². The first kappa shape index (κ1) is 9.89. The van der Waals surface area contributed by atoms with Crippen molar-refractivity contribution in [3.05, 3.63) is 0 Å². The smallest absolute Gasteiger partial charge is 0.217 e. The minimum Gasteiger partial charge on any atom is -0.351 e. The molecule has 1 rings (SSSR count). The van der Waals surface area contributed by atoms with Gasteiger partial charge < -0.3 is 5.32 Å². The van der Waals surface area contributed by atoms with Gasteiger partial charge in [0.05, 0.1) is 12.3 Å². The quantitative estimate of drug-likeness (QED) is 0.682. The summed E-state index contributed by atoms with van der Waals surface area (Å²) < 4.78 is 0. The molecule has 1 heterocycles.